The van der Waals surface area contributed by atoms with Crippen LogP contribution >= 0.6 is 0 Å². The predicted molar refractivity (Wildman–Crippen MR) is 170 cm³/mol. The fourth-order valence-electron chi connectivity index (χ4n) is 5.60. The SMILES string of the molecule is COc1cc(C)c(N=CC2CC(C)=CN2C=O)cc1OCCCCCOc1cc2c(cc1OC)C(=O)N1C=C(C)CC1C=N2. The van der Waals surface area contributed by atoms with Crippen molar-refractivity contribution in [2.75, 3.05) is 27.4 Å². The molecule has 0 saturated carbocycles. The predicted octanol–water partition coefficient (Wildman–Crippen LogP) is 6.31. The monoisotopic (exact) mass is 600 g/mol. The highest BCUT2D eigenvalue weighted by Gasteiger charge is 2.32. The minimum atomic E-state index is -0.0842. The van der Waals surface area contributed by atoms with Crippen LogP contribution in [0.5, 0.6) is 23.0 Å². The molecule has 10 nitrogen and oxygen atoms in total. The maximum absolute atomic E-state index is 13.2. The van der Waals surface area contributed by atoms with Crippen molar-refractivity contribution in [3.05, 3.63) is 58.9 Å². The summed E-state index contributed by atoms with van der Waals surface area (Å²) in [5.41, 5.74) is 5.13. The van der Waals surface area contributed by atoms with E-state index < -0.39 is 0 Å². The van der Waals surface area contributed by atoms with Gasteiger partial charge in [-0.05, 0) is 70.6 Å². The molecule has 3 aliphatic rings. The Hall–Kier alpha value is -4.60. The number of aliphatic imine (C=N–C) groups is 2. The number of unbranched alkanes of at least 4 members (excludes halogenated alkanes) is 2. The van der Waals surface area contributed by atoms with Crippen LogP contribution < -0.4 is 18.9 Å². The molecule has 2 atom stereocenters. The van der Waals surface area contributed by atoms with E-state index in [1.807, 2.05) is 57.7 Å². The summed E-state index contributed by atoms with van der Waals surface area (Å²) >= 11 is 0. The van der Waals surface area contributed by atoms with Crippen molar-refractivity contribution < 1.29 is 28.5 Å². The number of ether oxygens (including phenoxy) is 4. The van der Waals surface area contributed by atoms with Crippen LogP contribution in [0.25, 0.3) is 0 Å². The number of hydrogen-bond donors (Lipinski definition) is 0. The van der Waals surface area contributed by atoms with Crippen molar-refractivity contribution in [3.63, 3.8) is 0 Å². The minimum absolute atomic E-state index is 0.0557. The molecule has 0 aliphatic carbocycles. The van der Waals surface area contributed by atoms with Gasteiger partial charge in [0.2, 0.25) is 6.41 Å². The minimum Gasteiger partial charge on any atom is -0.493 e. The van der Waals surface area contributed by atoms with E-state index in [0.29, 0.717) is 47.5 Å². The van der Waals surface area contributed by atoms with Gasteiger partial charge < -0.3 is 28.7 Å². The second-order valence-corrected chi connectivity index (χ2v) is 11.4. The molecule has 3 aliphatic heterocycles. The highest BCUT2D eigenvalue weighted by Crippen LogP contribution is 2.39. The molecule has 10 heteroatoms. The van der Waals surface area contributed by atoms with Crippen molar-refractivity contribution in [1.29, 1.82) is 0 Å². The highest BCUT2D eigenvalue weighted by molar-refractivity contribution is 6.04. The van der Waals surface area contributed by atoms with Crippen LogP contribution in [0.1, 0.15) is 61.9 Å². The zero-order valence-corrected chi connectivity index (χ0v) is 26.0. The van der Waals surface area contributed by atoms with E-state index >= 15 is 0 Å². The molecule has 44 heavy (non-hydrogen) atoms. The summed E-state index contributed by atoms with van der Waals surface area (Å²) in [6, 6.07) is 7.17. The van der Waals surface area contributed by atoms with Gasteiger partial charge in [-0.1, -0.05) is 11.1 Å². The summed E-state index contributed by atoms with van der Waals surface area (Å²) in [7, 11) is 3.19. The highest BCUT2D eigenvalue weighted by atomic mass is 16.5. The molecule has 5 rings (SSSR count). The Morgan fingerprint density at radius 1 is 0.886 bits per heavy atom. The lowest BCUT2D eigenvalue weighted by Gasteiger charge is -2.19. The molecule has 0 saturated heterocycles. The van der Waals surface area contributed by atoms with Gasteiger partial charge in [-0.15, -0.1) is 0 Å². The Morgan fingerprint density at radius 2 is 1.57 bits per heavy atom. The van der Waals surface area contributed by atoms with E-state index in [4.69, 9.17) is 18.9 Å². The Morgan fingerprint density at radius 3 is 2.27 bits per heavy atom. The van der Waals surface area contributed by atoms with Crippen LogP contribution in [0.2, 0.25) is 0 Å². The second-order valence-electron chi connectivity index (χ2n) is 11.4. The van der Waals surface area contributed by atoms with Crippen LogP contribution in [0.15, 0.2) is 57.8 Å². The molecule has 0 N–H and O–H groups in total. The third-order valence-corrected chi connectivity index (χ3v) is 7.96. The lowest BCUT2D eigenvalue weighted by molar-refractivity contribution is -0.116. The molecule has 0 fully saturated rings. The summed E-state index contributed by atoms with van der Waals surface area (Å²) in [4.78, 5) is 37.2. The van der Waals surface area contributed by atoms with Gasteiger partial charge in [0.05, 0.1) is 56.5 Å². The van der Waals surface area contributed by atoms with E-state index in [0.717, 1.165) is 60.9 Å². The van der Waals surface area contributed by atoms with E-state index in [1.54, 1.807) is 36.2 Å². The number of aryl methyl sites for hydroxylation is 1. The summed E-state index contributed by atoms with van der Waals surface area (Å²) < 4.78 is 23.2. The number of benzene rings is 2. The number of amides is 2. The second kappa shape index (κ2) is 13.8. The molecule has 0 radical (unpaired) electrons. The first-order valence-electron chi connectivity index (χ1n) is 15.0. The largest absolute Gasteiger partial charge is 0.493 e. The maximum Gasteiger partial charge on any atom is 0.260 e. The Bertz CT molecular complexity index is 1530. The summed E-state index contributed by atoms with van der Waals surface area (Å²) in [5.74, 6) is 2.28. The molecule has 2 amide bonds. The van der Waals surface area contributed by atoms with Crippen LogP contribution in [-0.4, -0.2) is 74.1 Å². The Kier molecular flexibility index (Phi) is 9.67. The van der Waals surface area contributed by atoms with Crippen LogP contribution in [0, 0.1) is 6.92 Å². The molecule has 0 aromatic heterocycles. The van der Waals surface area contributed by atoms with Gasteiger partial charge in [0, 0.05) is 37.0 Å². The van der Waals surface area contributed by atoms with E-state index in [-0.39, 0.29) is 18.0 Å². The average molecular weight is 601 g/mol. The third kappa shape index (κ3) is 6.79. The van der Waals surface area contributed by atoms with Gasteiger partial charge in [0.15, 0.2) is 23.0 Å². The molecule has 0 spiro atoms. The molecule has 232 valence electrons. The van der Waals surface area contributed by atoms with Gasteiger partial charge in [-0.3, -0.25) is 19.6 Å². The number of rotatable bonds is 13. The number of carbonyl (C=O) groups is 2. The van der Waals surface area contributed by atoms with Gasteiger partial charge in [-0.2, -0.15) is 0 Å². The standard InChI is InChI=1S/C34H40N4O6/c1-22-11-25(37(19-22)21-39)17-35-28-15-32(30(41-4)13-24(28)3)43-9-7-6-8-10-44-33-16-29-27(14-31(33)42-5)34(40)38-20-23(2)12-26(38)18-36-29/h13-21,25-26H,6-12H2,1-5H3. The summed E-state index contributed by atoms with van der Waals surface area (Å²) in [5, 5.41) is 0. The molecule has 2 unspecified atom stereocenters. The number of hydrogen-bond acceptors (Lipinski definition) is 8. The van der Waals surface area contributed by atoms with Crippen molar-refractivity contribution in [3.8, 4) is 23.0 Å². The van der Waals surface area contributed by atoms with Gasteiger partial charge in [-0.25, -0.2) is 0 Å². The lowest BCUT2D eigenvalue weighted by atomic mass is 10.1. The fraction of sp³-hybridized carbons (Fsp3) is 0.412. The van der Waals surface area contributed by atoms with Crippen molar-refractivity contribution in [1.82, 2.24) is 9.80 Å². The third-order valence-electron chi connectivity index (χ3n) is 7.96. The number of methoxy groups -OCH3 is 2. The maximum atomic E-state index is 13.2. The molecular weight excluding hydrogens is 560 g/mol. The Balaban J connectivity index is 1.12. The first kappa shape index (κ1) is 30.8. The summed E-state index contributed by atoms with van der Waals surface area (Å²) in [6.45, 7) is 7.00. The average Bonchev–Trinajstić information content (AvgIpc) is 3.55. The first-order valence-corrected chi connectivity index (χ1v) is 15.0. The van der Waals surface area contributed by atoms with Gasteiger partial charge in [0.25, 0.3) is 5.91 Å². The van der Waals surface area contributed by atoms with E-state index in [2.05, 4.69) is 9.98 Å². The van der Waals surface area contributed by atoms with Gasteiger partial charge >= 0.3 is 0 Å². The van der Waals surface area contributed by atoms with Gasteiger partial charge in [0.1, 0.15) is 0 Å². The molecule has 3 heterocycles. The molecular formula is C34H40N4O6. The topological polar surface area (TPSA) is 102 Å². The lowest BCUT2D eigenvalue weighted by Crippen LogP contribution is -2.32. The zero-order valence-electron chi connectivity index (χ0n) is 26.0. The smallest absolute Gasteiger partial charge is 0.260 e. The first-order chi connectivity index (χ1) is 21.3. The number of fused-ring (bicyclic) bond motifs is 2. The number of nitrogens with zero attached hydrogens (tertiary/aromatic N) is 4. The zero-order chi connectivity index (χ0) is 31.2. The van der Waals surface area contributed by atoms with E-state index in [9.17, 15) is 9.59 Å². The normalized spacial score (nSPS) is 19.0. The molecule has 2 aromatic carbocycles. The molecule has 2 aromatic rings. The van der Waals surface area contributed by atoms with Crippen LogP contribution in [0.4, 0.5) is 11.4 Å². The molecule has 0 bridgehead atoms. The fourth-order valence-corrected chi connectivity index (χ4v) is 5.60. The van der Waals surface area contributed by atoms with E-state index in [1.165, 1.54) is 0 Å². The number of carbonyl (C=O) groups excluding carboxylic acids is 2. The van der Waals surface area contributed by atoms with Crippen LogP contribution in [-0.2, 0) is 4.79 Å². The van der Waals surface area contributed by atoms with Crippen molar-refractivity contribution >= 4 is 36.1 Å². The Labute approximate surface area is 258 Å². The quantitative estimate of drug-likeness (QED) is 0.152. The van der Waals surface area contributed by atoms with Crippen molar-refractivity contribution in [2.24, 2.45) is 9.98 Å². The summed E-state index contributed by atoms with van der Waals surface area (Å²) in [6.07, 6.45) is 12.3. The van der Waals surface area contributed by atoms with Crippen LogP contribution in [0.3, 0.4) is 0 Å². The van der Waals surface area contributed by atoms with Crippen molar-refractivity contribution in [2.45, 2.75) is 65.0 Å².